The normalized spacial score (nSPS) is 11.1. The molecule has 0 aliphatic rings. The summed E-state index contributed by atoms with van der Waals surface area (Å²) in [5.41, 5.74) is 11.2. The lowest BCUT2D eigenvalue weighted by Gasteiger charge is -1.93. The molecule has 0 aromatic carbocycles. The summed E-state index contributed by atoms with van der Waals surface area (Å²) in [6.45, 7) is 0. The molecule has 2 rings (SSSR count). The maximum atomic E-state index is 13.1. The first-order valence-electron chi connectivity index (χ1n) is 4.29. The summed E-state index contributed by atoms with van der Waals surface area (Å²) in [5, 5.41) is 13.4. The Morgan fingerprint density at radius 2 is 2.12 bits per heavy atom. The monoisotopic (exact) mass is 221 g/mol. The van der Waals surface area contributed by atoms with E-state index >= 15 is 0 Å². The van der Waals surface area contributed by atoms with Crippen molar-refractivity contribution in [2.45, 2.75) is 0 Å². The van der Waals surface area contributed by atoms with Gasteiger partial charge in [-0.25, -0.2) is 4.39 Å². The van der Waals surface area contributed by atoms with E-state index in [2.05, 4.69) is 25.4 Å². The van der Waals surface area contributed by atoms with Crippen LogP contribution in [-0.2, 0) is 0 Å². The highest BCUT2D eigenvalue weighted by atomic mass is 19.1. The second kappa shape index (κ2) is 3.93. The number of nitrogens with two attached hydrogens (primary N) is 2. The Kier molecular flexibility index (Phi) is 2.46. The molecule has 2 aromatic rings. The van der Waals surface area contributed by atoms with Crippen LogP contribution in [0.2, 0.25) is 0 Å². The predicted molar refractivity (Wildman–Crippen MR) is 55.8 cm³/mol. The number of halogens is 1. The van der Waals surface area contributed by atoms with E-state index in [0.29, 0.717) is 0 Å². The van der Waals surface area contributed by atoms with Crippen LogP contribution in [0.25, 0.3) is 0 Å². The number of nitrogen functional groups attached to an aromatic ring is 2. The van der Waals surface area contributed by atoms with Gasteiger partial charge in [-0.2, -0.15) is 5.10 Å². The maximum Gasteiger partial charge on any atom is 0.175 e. The van der Waals surface area contributed by atoms with Crippen LogP contribution in [0.5, 0.6) is 0 Å². The van der Waals surface area contributed by atoms with E-state index in [1.807, 2.05) is 0 Å². The van der Waals surface area contributed by atoms with E-state index < -0.39 is 5.82 Å². The highest BCUT2D eigenvalue weighted by Crippen LogP contribution is 2.28. The van der Waals surface area contributed by atoms with Gasteiger partial charge in [0.2, 0.25) is 0 Å². The molecule has 0 fully saturated rings. The van der Waals surface area contributed by atoms with Gasteiger partial charge in [-0.3, -0.25) is 10.1 Å². The zero-order valence-electron chi connectivity index (χ0n) is 8.05. The minimum absolute atomic E-state index is 0.0509. The van der Waals surface area contributed by atoms with E-state index in [4.69, 9.17) is 11.5 Å². The second-order valence-corrected chi connectivity index (χ2v) is 2.90. The van der Waals surface area contributed by atoms with Crippen LogP contribution in [0.1, 0.15) is 0 Å². The molecule has 82 valence electrons. The Morgan fingerprint density at radius 3 is 2.75 bits per heavy atom. The van der Waals surface area contributed by atoms with Crippen molar-refractivity contribution >= 4 is 23.0 Å². The molecule has 0 aliphatic carbocycles. The largest absolute Gasteiger partial charge is 0.382 e. The third kappa shape index (κ3) is 1.80. The first-order valence-corrected chi connectivity index (χ1v) is 4.29. The van der Waals surface area contributed by atoms with Crippen LogP contribution in [-0.4, -0.2) is 15.2 Å². The summed E-state index contributed by atoms with van der Waals surface area (Å²) in [4.78, 5) is 3.58. The molecular weight excluding hydrogens is 213 g/mol. The number of azo groups is 1. The molecular formula is C8H8FN7. The number of aromatic amines is 1. The van der Waals surface area contributed by atoms with E-state index in [0.717, 1.165) is 6.20 Å². The number of hydrogen-bond donors (Lipinski definition) is 3. The predicted octanol–water partition coefficient (Wildman–Crippen LogP) is 1.52. The summed E-state index contributed by atoms with van der Waals surface area (Å²) < 4.78 is 13.1. The van der Waals surface area contributed by atoms with Crippen LogP contribution in [0.3, 0.4) is 0 Å². The zero-order chi connectivity index (χ0) is 11.5. The molecule has 2 heterocycles. The minimum Gasteiger partial charge on any atom is -0.382 e. The fourth-order valence-electron chi connectivity index (χ4n) is 1.02. The minimum atomic E-state index is -0.577. The van der Waals surface area contributed by atoms with Crippen molar-refractivity contribution in [3.8, 4) is 0 Å². The highest BCUT2D eigenvalue weighted by molar-refractivity contribution is 5.70. The van der Waals surface area contributed by atoms with Gasteiger partial charge < -0.3 is 11.5 Å². The zero-order valence-corrected chi connectivity index (χ0v) is 8.05. The fraction of sp³-hybridized carbons (Fsp3) is 0. The lowest BCUT2D eigenvalue weighted by molar-refractivity contribution is 0.622. The van der Waals surface area contributed by atoms with Crippen LogP contribution < -0.4 is 11.5 Å². The third-order valence-corrected chi connectivity index (χ3v) is 1.80. The number of H-pyrrole nitrogens is 1. The van der Waals surface area contributed by atoms with E-state index in [1.165, 1.54) is 12.3 Å². The Labute approximate surface area is 89.4 Å². The standard InChI is InChI=1S/C8H8FN7/c9-4-3-12-2-1-5(4)13-14-6-7(10)15-16-8(6)11/h1-3H,(H5,10,11,15,16). The van der Waals surface area contributed by atoms with Gasteiger partial charge in [0, 0.05) is 6.20 Å². The molecule has 5 N–H and O–H groups in total. The molecule has 16 heavy (non-hydrogen) atoms. The lowest BCUT2D eigenvalue weighted by Crippen LogP contribution is -1.84. The van der Waals surface area contributed by atoms with Crippen molar-refractivity contribution in [3.63, 3.8) is 0 Å². The topological polar surface area (TPSA) is 118 Å². The van der Waals surface area contributed by atoms with Crippen LogP contribution in [0.15, 0.2) is 28.7 Å². The first kappa shape index (κ1) is 10.0. The Morgan fingerprint density at radius 1 is 1.31 bits per heavy atom. The number of pyridine rings is 1. The van der Waals surface area contributed by atoms with Gasteiger partial charge in [0.1, 0.15) is 11.5 Å². The lowest BCUT2D eigenvalue weighted by atomic mass is 10.4. The molecule has 7 nitrogen and oxygen atoms in total. The molecule has 0 atom stereocenters. The molecule has 0 spiro atoms. The molecule has 0 saturated carbocycles. The van der Waals surface area contributed by atoms with Crippen molar-refractivity contribution in [1.29, 1.82) is 0 Å². The Balaban J connectivity index is 2.32. The molecule has 2 aromatic heterocycles. The van der Waals surface area contributed by atoms with Crippen molar-refractivity contribution in [2.75, 3.05) is 11.5 Å². The van der Waals surface area contributed by atoms with E-state index in [1.54, 1.807) is 0 Å². The van der Waals surface area contributed by atoms with Crippen molar-refractivity contribution < 1.29 is 4.39 Å². The van der Waals surface area contributed by atoms with Crippen molar-refractivity contribution in [1.82, 2.24) is 15.2 Å². The molecule has 0 saturated heterocycles. The van der Waals surface area contributed by atoms with E-state index in [9.17, 15) is 4.39 Å². The van der Waals surface area contributed by atoms with Gasteiger partial charge in [0.25, 0.3) is 0 Å². The quantitative estimate of drug-likeness (QED) is 0.666. The molecule has 0 aliphatic heterocycles. The van der Waals surface area contributed by atoms with Crippen molar-refractivity contribution in [3.05, 3.63) is 24.3 Å². The molecule has 8 heteroatoms. The molecule has 0 radical (unpaired) electrons. The van der Waals surface area contributed by atoms with Gasteiger partial charge in [-0.1, -0.05) is 0 Å². The molecule has 0 unspecified atom stereocenters. The summed E-state index contributed by atoms with van der Waals surface area (Å²) in [6, 6.07) is 1.38. The average molecular weight is 221 g/mol. The second-order valence-electron chi connectivity index (χ2n) is 2.90. The van der Waals surface area contributed by atoms with Crippen LogP contribution in [0, 0.1) is 5.82 Å². The summed E-state index contributed by atoms with van der Waals surface area (Å²) >= 11 is 0. The first-order chi connectivity index (χ1) is 7.68. The van der Waals surface area contributed by atoms with Gasteiger partial charge in [0.15, 0.2) is 17.3 Å². The number of hydrogen-bond acceptors (Lipinski definition) is 6. The summed E-state index contributed by atoms with van der Waals surface area (Å²) in [6.07, 6.45) is 2.44. The maximum absolute atomic E-state index is 13.1. The summed E-state index contributed by atoms with van der Waals surface area (Å²) in [7, 11) is 0. The number of nitrogens with zero attached hydrogens (tertiary/aromatic N) is 4. The number of nitrogens with one attached hydrogen (secondary N) is 1. The van der Waals surface area contributed by atoms with Gasteiger partial charge in [0.05, 0.1) is 6.20 Å². The van der Waals surface area contributed by atoms with Gasteiger partial charge in [-0.15, -0.1) is 10.2 Å². The van der Waals surface area contributed by atoms with Crippen LogP contribution >= 0.6 is 0 Å². The number of aromatic nitrogens is 3. The third-order valence-electron chi connectivity index (χ3n) is 1.80. The average Bonchev–Trinajstić information content (AvgIpc) is 2.58. The number of rotatable bonds is 2. The molecule has 0 bridgehead atoms. The smallest absolute Gasteiger partial charge is 0.175 e. The van der Waals surface area contributed by atoms with Gasteiger partial charge >= 0.3 is 0 Å². The van der Waals surface area contributed by atoms with Crippen molar-refractivity contribution in [2.24, 2.45) is 10.2 Å². The van der Waals surface area contributed by atoms with E-state index in [-0.39, 0.29) is 23.0 Å². The Hall–Kier alpha value is -2.51. The highest BCUT2D eigenvalue weighted by Gasteiger charge is 2.07. The fourth-order valence-corrected chi connectivity index (χ4v) is 1.02. The molecule has 0 amide bonds. The van der Waals surface area contributed by atoms with Crippen LogP contribution in [0.4, 0.5) is 27.4 Å². The Bertz CT molecular complexity index is 513. The number of anilines is 2. The summed E-state index contributed by atoms with van der Waals surface area (Å²) in [5.74, 6) is -0.293. The van der Waals surface area contributed by atoms with Gasteiger partial charge in [-0.05, 0) is 6.07 Å². The SMILES string of the molecule is Nc1n[nH]c(N)c1N=Nc1ccncc1F.